The second-order valence-corrected chi connectivity index (χ2v) is 8.32. The van der Waals surface area contributed by atoms with Gasteiger partial charge in [-0.2, -0.15) is 0 Å². The molecule has 0 aromatic carbocycles. The summed E-state index contributed by atoms with van der Waals surface area (Å²) in [7, 11) is 4.29. The van der Waals surface area contributed by atoms with E-state index in [4.69, 9.17) is 9.84 Å². The molecule has 160 valence electrons. The molecule has 0 aliphatic carbocycles. The summed E-state index contributed by atoms with van der Waals surface area (Å²) in [6.45, 7) is 6.05. The Morgan fingerprint density at radius 3 is 1.46 bits per heavy atom. The summed E-state index contributed by atoms with van der Waals surface area (Å²) >= 11 is 0. The van der Waals surface area contributed by atoms with Gasteiger partial charge in [-0.1, -0.05) is 90.4 Å². The number of unbranched alkanes of at least 4 members (excludes halogenated alkanes) is 13. The summed E-state index contributed by atoms with van der Waals surface area (Å²) in [6, 6.07) is 0. The maximum atomic E-state index is 8.99. The lowest BCUT2D eigenvalue weighted by molar-refractivity contribution is -0.891. The van der Waals surface area contributed by atoms with E-state index in [9.17, 15) is 0 Å². The van der Waals surface area contributed by atoms with E-state index in [0.717, 1.165) is 30.8 Å². The van der Waals surface area contributed by atoms with Gasteiger partial charge in [0.25, 0.3) is 0 Å². The Balaban J connectivity index is 0. The van der Waals surface area contributed by atoms with Crippen LogP contribution in [0.25, 0.3) is 0 Å². The van der Waals surface area contributed by atoms with E-state index in [0.29, 0.717) is 0 Å². The van der Waals surface area contributed by atoms with Gasteiger partial charge < -0.3 is 38.3 Å². The standard InChI is InChI=1S/C22H48NO2.HI/c1-4-5-6-7-8-9-10-11-12-13-14-15-16-17-21-25-22-19-23(2,3)18-20-24;/h24H,4-22H2,1-3H3;1H/q+1;/p-1. The molecule has 0 heterocycles. The molecular formula is C22H48INO2. The van der Waals surface area contributed by atoms with Crippen LogP contribution >= 0.6 is 0 Å². The minimum absolute atomic E-state index is 0. The molecule has 0 aliphatic heterocycles. The van der Waals surface area contributed by atoms with Crippen LogP contribution in [0.3, 0.4) is 0 Å². The van der Waals surface area contributed by atoms with Gasteiger partial charge in [-0.15, -0.1) is 0 Å². The van der Waals surface area contributed by atoms with Gasteiger partial charge >= 0.3 is 0 Å². The third kappa shape index (κ3) is 22.7. The van der Waals surface area contributed by atoms with Gasteiger partial charge in [0.15, 0.2) is 0 Å². The molecule has 0 rings (SSSR count). The van der Waals surface area contributed by atoms with E-state index < -0.39 is 0 Å². The molecule has 0 saturated heterocycles. The fourth-order valence-electron chi connectivity index (χ4n) is 3.19. The predicted octanol–water partition coefficient (Wildman–Crippen LogP) is 2.56. The molecule has 1 N–H and O–H groups in total. The van der Waals surface area contributed by atoms with E-state index in [1.165, 1.54) is 89.9 Å². The molecule has 0 saturated carbocycles. The fourth-order valence-corrected chi connectivity index (χ4v) is 3.19. The van der Waals surface area contributed by atoms with Crippen LogP contribution in [-0.2, 0) is 4.74 Å². The fraction of sp³-hybridized carbons (Fsp3) is 1.00. The smallest absolute Gasteiger partial charge is 0.102 e. The van der Waals surface area contributed by atoms with E-state index in [1.807, 2.05) is 0 Å². The van der Waals surface area contributed by atoms with Gasteiger partial charge in [-0.25, -0.2) is 0 Å². The van der Waals surface area contributed by atoms with Gasteiger partial charge in [-0.05, 0) is 6.42 Å². The van der Waals surface area contributed by atoms with E-state index in [-0.39, 0.29) is 30.6 Å². The Bertz CT molecular complexity index is 263. The number of aliphatic hydroxyl groups excluding tert-OH is 1. The molecule has 0 radical (unpaired) electrons. The molecule has 4 heteroatoms. The Kier molecular flexibility index (Phi) is 24.3. The SMILES string of the molecule is CCCCCCCCCCCCCCCCOCC[N+](C)(C)CCO.[I-]. The van der Waals surface area contributed by atoms with Crippen molar-refractivity contribution in [2.75, 3.05) is 47.0 Å². The number of aliphatic hydroxyl groups is 1. The summed E-state index contributed by atoms with van der Waals surface area (Å²) in [5.41, 5.74) is 0. The van der Waals surface area contributed by atoms with Gasteiger partial charge in [0.1, 0.15) is 13.1 Å². The van der Waals surface area contributed by atoms with Crippen molar-refractivity contribution < 1.29 is 38.3 Å². The van der Waals surface area contributed by atoms with Crippen molar-refractivity contribution in [3.63, 3.8) is 0 Å². The highest BCUT2D eigenvalue weighted by molar-refractivity contribution is 4.49. The normalized spacial score (nSPS) is 11.5. The second-order valence-electron chi connectivity index (χ2n) is 8.32. The van der Waals surface area contributed by atoms with Crippen LogP contribution in [0, 0.1) is 0 Å². The lowest BCUT2D eigenvalue weighted by Gasteiger charge is -2.28. The number of halogens is 1. The summed E-state index contributed by atoms with van der Waals surface area (Å²) in [4.78, 5) is 0. The van der Waals surface area contributed by atoms with Crippen molar-refractivity contribution in [3.8, 4) is 0 Å². The highest BCUT2D eigenvalue weighted by Crippen LogP contribution is 2.12. The van der Waals surface area contributed by atoms with Crippen LogP contribution in [0.15, 0.2) is 0 Å². The van der Waals surface area contributed by atoms with Crippen LogP contribution in [0.2, 0.25) is 0 Å². The molecule has 0 fully saturated rings. The Morgan fingerprint density at radius 2 is 1.04 bits per heavy atom. The number of hydrogen-bond acceptors (Lipinski definition) is 2. The highest BCUT2D eigenvalue weighted by atomic mass is 127. The first-order valence-corrected chi connectivity index (χ1v) is 11.1. The first-order chi connectivity index (χ1) is 12.1. The van der Waals surface area contributed by atoms with E-state index >= 15 is 0 Å². The summed E-state index contributed by atoms with van der Waals surface area (Å²) < 4.78 is 6.57. The van der Waals surface area contributed by atoms with E-state index in [2.05, 4.69) is 21.0 Å². The predicted molar refractivity (Wildman–Crippen MR) is 110 cm³/mol. The average Bonchev–Trinajstić information content (AvgIpc) is 2.57. The lowest BCUT2D eigenvalue weighted by Crippen LogP contribution is -3.00. The molecule has 0 spiro atoms. The molecule has 26 heavy (non-hydrogen) atoms. The molecule has 0 aromatic rings. The first-order valence-electron chi connectivity index (χ1n) is 11.1. The van der Waals surface area contributed by atoms with Crippen molar-refractivity contribution in [2.24, 2.45) is 0 Å². The third-order valence-corrected chi connectivity index (χ3v) is 5.19. The van der Waals surface area contributed by atoms with Crippen molar-refractivity contribution >= 4 is 0 Å². The quantitative estimate of drug-likeness (QED) is 0.163. The van der Waals surface area contributed by atoms with Crippen molar-refractivity contribution in [1.82, 2.24) is 0 Å². The van der Waals surface area contributed by atoms with Gasteiger partial charge in [0, 0.05) is 6.61 Å². The van der Waals surface area contributed by atoms with Crippen molar-refractivity contribution in [1.29, 1.82) is 0 Å². The summed E-state index contributed by atoms with van der Waals surface area (Å²) in [5.74, 6) is 0. The molecule has 0 amide bonds. The lowest BCUT2D eigenvalue weighted by atomic mass is 10.0. The largest absolute Gasteiger partial charge is 1.00 e. The van der Waals surface area contributed by atoms with Crippen molar-refractivity contribution in [3.05, 3.63) is 0 Å². The number of quaternary nitrogens is 1. The minimum Gasteiger partial charge on any atom is -1.00 e. The summed E-state index contributed by atoms with van der Waals surface area (Å²) in [5, 5.41) is 8.99. The first kappa shape index (κ1) is 28.8. The molecular weight excluding hydrogens is 437 g/mol. The molecule has 3 nitrogen and oxygen atoms in total. The third-order valence-electron chi connectivity index (χ3n) is 5.19. The Morgan fingerprint density at radius 1 is 0.615 bits per heavy atom. The minimum atomic E-state index is 0. The molecule has 0 atom stereocenters. The molecule has 0 bridgehead atoms. The number of hydrogen-bond donors (Lipinski definition) is 1. The molecule has 0 unspecified atom stereocenters. The van der Waals surface area contributed by atoms with Crippen molar-refractivity contribution in [2.45, 2.75) is 96.8 Å². The molecule has 0 aromatic heterocycles. The highest BCUT2D eigenvalue weighted by Gasteiger charge is 2.12. The number of rotatable bonds is 20. The van der Waals surface area contributed by atoms with Crippen LogP contribution in [0.5, 0.6) is 0 Å². The monoisotopic (exact) mass is 485 g/mol. The zero-order valence-corrected chi connectivity index (χ0v) is 20.3. The van der Waals surface area contributed by atoms with Crippen LogP contribution < -0.4 is 24.0 Å². The van der Waals surface area contributed by atoms with E-state index in [1.54, 1.807) is 0 Å². The average molecular weight is 486 g/mol. The van der Waals surface area contributed by atoms with Crippen LogP contribution in [0.4, 0.5) is 0 Å². The number of ether oxygens (including phenoxy) is 1. The van der Waals surface area contributed by atoms with Crippen LogP contribution in [-0.4, -0.2) is 56.6 Å². The maximum absolute atomic E-state index is 8.99. The summed E-state index contributed by atoms with van der Waals surface area (Å²) in [6.07, 6.45) is 19.6. The Hall–Kier alpha value is 0.610. The maximum Gasteiger partial charge on any atom is 0.102 e. The second kappa shape index (κ2) is 21.9. The molecule has 0 aliphatic rings. The zero-order chi connectivity index (χ0) is 18.6. The zero-order valence-electron chi connectivity index (χ0n) is 18.1. The van der Waals surface area contributed by atoms with Crippen LogP contribution in [0.1, 0.15) is 96.8 Å². The van der Waals surface area contributed by atoms with Gasteiger partial charge in [0.2, 0.25) is 0 Å². The van der Waals surface area contributed by atoms with Gasteiger partial charge in [0.05, 0.1) is 27.3 Å². The van der Waals surface area contributed by atoms with Gasteiger partial charge in [-0.3, -0.25) is 0 Å². The number of likely N-dealkylation sites (N-methyl/N-ethyl adjacent to an activating group) is 1. The number of nitrogens with zero attached hydrogens (tertiary/aromatic N) is 1. The Labute approximate surface area is 181 Å². The topological polar surface area (TPSA) is 29.5 Å².